The molecule has 0 bridgehead atoms. The van der Waals surface area contributed by atoms with Crippen LogP contribution in [0.25, 0.3) is 0 Å². The zero-order valence-corrected chi connectivity index (χ0v) is 21.8. The number of methoxy groups -OCH3 is 1. The molecular formula is C30H37NO4. The van der Waals surface area contributed by atoms with Gasteiger partial charge in [-0.3, -0.25) is 9.59 Å². The third-order valence-corrected chi connectivity index (χ3v) is 5.48. The van der Waals surface area contributed by atoms with Gasteiger partial charge >= 0.3 is 0 Å². The van der Waals surface area contributed by atoms with Crippen molar-refractivity contribution >= 4 is 11.7 Å². The van der Waals surface area contributed by atoms with E-state index in [0.29, 0.717) is 30.2 Å². The maximum Gasteiger partial charge on any atom is 0.255 e. The number of rotatable bonds is 9. The monoisotopic (exact) mass is 475 g/mol. The van der Waals surface area contributed by atoms with Crippen LogP contribution in [0.15, 0.2) is 78.4 Å². The van der Waals surface area contributed by atoms with Gasteiger partial charge in [-0.2, -0.15) is 0 Å². The minimum Gasteiger partial charge on any atom is -0.493 e. The van der Waals surface area contributed by atoms with E-state index in [1.54, 1.807) is 18.9 Å². The normalized spacial score (nSPS) is 13.7. The summed E-state index contributed by atoms with van der Waals surface area (Å²) >= 11 is 0. The van der Waals surface area contributed by atoms with Crippen LogP contribution < -0.4 is 9.47 Å². The van der Waals surface area contributed by atoms with Gasteiger partial charge in [0.1, 0.15) is 5.78 Å². The molecule has 0 aromatic heterocycles. The number of Topliss-reactive ketones (excluding diaryl/α,β-unsaturated/α-hetero) is 1. The van der Waals surface area contributed by atoms with Crippen LogP contribution in [0.4, 0.5) is 0 Å². The standard InChI is InChI=1S/C21H23NO4.C9H14/c1-4-26-19-10-9-15(12-20(19)25-3)18(11-14(2)23)22-13-16-7-5-6-8-17(16)21(22)24;1-5-6-9(4)7-8(2)3/h5-10,12,18H,4,11,13H2,1-3H3;5-7H,2H2,1,3-4H3/b;6-5-,9-7-. The second-order valence-electron chi connectivity index (χ2n) is 8.59. The summed E-state index contributed by atoms with van der Waals surface area (Å²) in [6.07, 6.45) is 6.40. The smallest absolute Gasteiger partial charge is 0.255 e. The van der Waals surface area contributed by atoms with Crippen LogP contribution in [0, 0.1) is 0 Å². The Kier molecular flexibility index (Phi) is 10.5. The van der Waals surface area contributed by atoms with Gasteiger partial charge in [0.2, 0.25) is 0 Å². The summed E-state index contributed by atoms with van der Waals surface area (Å²) in [5.74, 6) is 1.24. The minimum absolute atomic E-state index is 0.0339. The molecule has 1 heterocycles. The van der Waals surface area contributed by atoms with Crippen molar-refractivity contribution in [2.75, 3.05) is 13.7 Å². The first-order chi connectivity index (χ1) is 16.7. The van der Waals surface area contributed by atoms with Gasteiger partial charge < -0.3 is 14.4 Å². The second kappa shape index (κ2) is 13.3. The van der Waals surface area contributed by atoms with Gasteiger partial charge in [0, 0.05) is 18.5 Å². The molecule has 1 unspecified atom stereocenters. The first-order valence-electron chi connectivity index (χ1n) is 11.9. The van der Waals surface area contributed by atoms with E-state index in [0.717, 1.165) is 16.7 Å². The molecule has 0 saturated heterocycles. The number of allylic oxidation sites excluding steroid dienone is 5. The molecule has 186 valence electrons. The molecule has 1 atom stereocenters. The summed E-state index contributed by atoms with van der Waals surface area (Å²) < 4.78 is 11.0. The number of amides is 1. The molecule has 0 spiro atoms. The number of ketones is 1. The fourth-order valence-corrected chi connectivity index (χ4v) is 4.07. The van der Waals surface area contributed by atoms with Crippen LogP contribution in [0.2, 0.25) is 0 Å². The summed E-state index contributed by atoms with van der Waals surface area (Å²) in [5, 5.41) is 0. The van der Waals surface area contributed by atoms with Crippen LogP contribution in [0.1, 0.15) is 68.6 Å². The first kappa shape index (κ1) is 27.6. The van der Waals surface area contributed by atoms with Crippen molar-refractivity contribution in [2.45, 2.75) is 53.6 Å². The minimum atomic E-state index is -0.336. The highest BCUT2D eigenvalue weighted by Crippen LogP contribution is 2.37. The lowest BCUT2D eigenvalue weighted by molar-refractivity contribution is -0.118. The average molecular weight is 476 g/mol. The van der Waals surface area contributed by atoms with Crippen molar-refractivity contribution in [2.24, 2.45) is 0 Å². The van der Waals surface area contributed by atoms with Crippen molar-refractivity contribution in [3.63, 3.8) is 0 Å². The van der Waals surface area contributed by atoms with E-state index in [1.807, 2.05) is 69.3 Å². The topological polar surface area (TPSA) is 55.8 Å². The number of fused-ring (bicyclic) bond motifs is 1. The number of benzene rings is 2. The van der Waals surface area contributed by atoms with Gasteiger partial charge in [0.25, 0.3) is 5.91 Å². The zero-order valence-electron chi connectivity index (χ0n) is 21.8. The summed E-state index contributed by atoms with van der Waals surface area (Å²) in [7, 11) is 1.58. The molecular weight excluding hydrogens is 438 g/mol. The molecule has 5 heteroatoms. The quantitative estimate of drug-likeness (QED) is 0.372. The van der Waals surface area contributed by atoms with Crippen LogP contribution in [0.5, 0.6) is 11.5 Å². The number of nitrogens with zero attached hydrogens (tertiary/aromatic N) is 1. The largest absolute Gasteiger partial charge is 0.493 e. The van der Waals surface area contributed by atoms with Gasteiger partial charge in [0.15, 0.2) is 11.5 Å². The van der Waals surface area contributed by atoms with E-state index in [4.69, 9.17) is 9.47 Å². The highest BCUT2D eigenvalue weighted by Gasteiger charge is 2.34. The van der Waals surface area contributed by atoms with Crippen molar-refractivity contribution in [3.8, 4) is 11.5 Å². The maximum absolute atomic E-state index is 12.9. The van der Waals surface area contributed by atoms with E-state index >= 15 is 0 Å². The molecule has 5 nitrogen and oxygen atoms in total. The Morgan fingerprint density at radius 3 is 2.43 bits per heavy atom. The molecule has 0 N–H and O–H groups in total. The van der Waals surface area contributed by atoms with Crippen molar-refractivity contribution in [1.29, 1.82) is 0 Å². The van der Waals surface area contributed by atoms with E-state index in [1.165, 1.54) is 5.57 Å². The number of hydrogen-bond acceptors (Lipinski definition) is 4. The molecule has 0 radical (unpaired) electrons. The van der Waals surface area contributed by atoms with Gasteiger partial charge in [-0.05, 0) is 63.9 Å². The molecule has 0 aliphatic carbocycles. The molecule has 2 aromatic carbocycles. The Morgan fingerprint density at radius 1 is 1.14 bits per heavy atom. The van der Waals surface area contributed by atoms with E-state index in [9.17, 15) is 9.59 Å². The average Bonchev–Trinajstić information content (AvgIpc) is 3.14. The highest BCUT2D eigenvalue weighted by atomic mass is 16.5. The molecule has 1 amide bonds. The Bertz CT molecular complexity index is 1110. The number of hydrogen-bond donors (Lipinski definition) is 0. The number of ether oxygens (including phenoxy) is 2. The molecule has 0 fully saturated rings. The summed E-state index contributed by atoms with van der Waals surface area (Å²) in [6.45, 7) is 14.3. The van der Waals surface area contributed by atoms with Crippen molar-refractivity contribution < 1.29 is 19.1 Å². The van der Waals surface area contributed by atoms with Crippen LogP contribution in [0.3, 0.4) is 0 Å². The zero-order chi connectivity index (χ0) is 26.0. The molecule has 3 rings (SSSR count). The van der Waals surface area contributed by atoms with E-state index in [-0.39, 0.29) is 24.2 Å². The van der Waals surface area contributed by atoms with Crippen molar-refractivity contribution in [3.05, 3.63) is 95.1 Å². The third kappa shape index (κ3) is 7.71. The van der Waals surface area contributed by atoms with Gasteiger partial charge in [0.05, 0.1) is 19.8 Å². The van der Waals surface area contributed by atoms with Gasteiger partial charge in [-0.1, -0.05) is 60.2 Å². The van der Waals surface area contributed by atoms with Gasteiger partial charge in [-0.25, -0.2) is 0 Å². The molecule has 35 heavy (non-hydrogen) atoms. The van der Waals surface area contributed by atoms with Crippen LogP contribution >= 0.6 is 0 Å². The van der Waals surface area contributed by atoms with E-state index < -0.39 is 0 Å². The molecule has 2 aromatic rings. The number of carbonyl (C=O) groups is 2. The van der Waals surface area contributed by atoms with Crippen LogP contribution in [-0.4, -0.2) is 30.3 Å². The Hall–Kier alpha value is -3.60. The fourth-order valence-electron chi connectivity index (χ4n) is 4.07. The van der Waals surface area contributed by atoms with Crippen molar-refractivity contribution in [1.82, 2.24) is 4.90 Å². The highest BCUT2D eigenvalue weighted by molar-refractivity contribution is 5.98. The summed E-state index contributed by atoms with van der Waals surface area (Å²) in [6, 6.07) is 12.8. The molecule has 1 aliphatic heterocycles. The van der Waals surface area contributed by atoms with Gasteiger partial charge in [-0.15, -0.1) is 0 Å². The second-order valence-corrected chi connectivity index (χ2v) is 8.59. The molecule has 1 aliphatic rings. The predicted molar refractivity (Wildman–Crippen MR) is 142 cm³/mol. The summed E-state index contributed by atoms with van der Waals surface area (Å²) in [5.41, 5.74) is 4.92. The Balaban J connectivity index is 0.000000410. The Morgan fingerprint density at radius 2 is 1.86 bits per heavy atom. The number of carbonyl (C=O) groups excluding carboxylic acids is 2. The lowest BCUT2D eigenvalue weighted by Crippen LogP contribution is -2.30. The lowest BCUT2D eigenvalue weighted by Gasteiger charge is -2.28. The Labute approximate surface area is 209 Å². The lowest BCUT2D eigenvalue weighted by atomic mass is 9.99. The summed E-state index contributed by atoms with van der Waals surface area (Å²) in [4.78, 5) is 26.5. The van der Waals surface area contributed by atoms with Crippen LogP contribution in [-0.2, 0) is 11.3 Å². The maximum atomic E-state index is 12.9. The fraction of sp³-hybridized carbons (Fsp3) is 0.333. The molecule has 0 saturated carbocycles. The van der Waals surface area contributed by atoms with E-state index in [2.05, 4.69) is 25.7 Å². The predicted octanol–water partition coefficient (Wildman–Crippen LogP) is 6.86. The third-order valence-electron chi connectivity index (χ3n) is 5.48. The SMILES string of the molecule is C=C(C)/C=C(C)\C=C/C.CCOc1ccc(C(CC(C)=O)N2Cc3ccccc3C2=O)cc1OC. The first-order valence-corrected chi connectivity index (χ1v) is 11.9.